The van der Waals surface area contributed by atoms with Crippen LogP contribution in [0.25, 0.3) is 0 Å². The molecule has 6 nitrogen and oxygen atoms in total. The Hall–Kier alpha value is -1.56. The Morgan fingerprint density at radius 2 is 1.65 bits per heavy atom. The van der Waals surface area contributed by atoms with Gasteiger partial charge in [-0.2, -0.15) is 10.5 Å². The second kappa shape index (κ2) is 8.58. The maximum atomic E-state index is 12.3. The molecule has 0 N–H and O–H groups in total. The summed E-state index contributed by atoms with van der Waals surface area (Å²) in [4.78, 5) is 0. The average molecular weight is 315 g/mol. The molecule has 0 aliphatic carbocycles. The van der Waals surface area contributed by atoms with Gasteiger partial charge in [-0.1, -0.05) is 23.7 Å². The standard InChI is InChI=1S/C12H12ClN2O4P/c13-11-5-1-2-6-12(11)19-20(16,17-9-3-7-14)18-10-4-8-15/h1-2,5-6H,3-4,9-10H2. The van der Waals surface area contributed by atoms with Crippen molar-refractivity contribution in [1.82, 2.24) is 0 Å². The van der Waals surface area contributed by atoms with Gasteiger partial charge in [0.2, 0.25) is 0 Å². The number of hydrogen-bond acceptors (Lipinski definition) is 6. The predicted molar refractivity (Wildman–Crippen MR) is 72.1 cm³/mol. The van der Waals surface area contributed by atoms with Crippen LogP contribution in [0.5, 0.6) is 5.75 Å². The van der Waals surface area contributed by atoms with Crippen molar-refractivity contribution in [3.05, 3.63) is 29.3 Å². The zero-order valence-corrected chi connectivity index (χ0v) is 12.1. The number of rotatable bonds is 8. The third-order valence-corrected chi connectivity index (χ3v) is 3.70. The molecular weight excluding hydrogens is 303 g/mol. The smallest absolute Gasteiger partial charge is 0.402 e. The summed E-state index contributed by atoms with van der Waals surface area (Å²) < 4.78 is 27.5. The lowest BCUT2D eigenvalue weighted by molar-refractivity contribution is 0.160. The molecule has 0 saturated carbocycles. The molecular formula is C12H12ClN2O4P. The van der Waals surface area contributed by atoms with E-state index in [1.54, 1.807) is 18.2 Å². The van der Waals surface area contributed by atoms with Crippen molar-refractivity contribution < 1.29 is 18.1 Å². The van der Waals surface area contributed by atoms with E-state index >= 15 is 0 Å². The van der Waals surface area contributed by atoms with Crippen LogP contribution in [0, 0.1) is 22.7 Å². The molecule has 0 heterocycles. The molecule has 1 rings (SSSR count). The van der Waals surface area contributed by atoms with Gasteiger partial charge in [0.05, 0.1) is 43.2 Å². The number of nitrogens with zero attached hydrogens (tertiary/aromatic N) is 2. The topological polar surface area (TPSA) is 92.3 Å². The fourth-order valence-corrected chi connectivity index (χ4v) is 2.57. The minimum atomic E-state index is -3.91. The van der Waals surface area contributed by atoms with E-state index in [0.29, 0.717) is 0 Å². The van der Waals surface area contributed by atoms with E-state index in [1.165, 1.54) is 6.07 Å². The summed E-state index contributed by atoms with van der Waals surface area (Å²) in [5, 5.41) is 17.1. The highest BCUT2D eigenvalue weighted by molar-refractivity contribution is 7.48. The van der Waals surface area contributed by atoms with Crippen LogP contribution in [0.3, 0.4) is 0 Å². The van der Waals surface area contributed by atoms with Gasteiger partial charge in [0.15, 0.2) is 0 Å². The molecule has 1 aromatic carbocycles. The van der Waals surface area contributed by atoms with E-state index in [1.807, 2.05) is 12.1 Å². The Labute approximate surface area is 122 Å². The van der Waals surface area contributed by atoms with E-state index < -0.39 is 7.82 Å². The van der Waals surface area contributed by atoms with Gasteiger partial charge in [-0.15, -0.1) is 0 Å². The van der Waals surface area contributed by atoms with Crippen LogP contribution in [-0.4, -0.2) is 13.2 Å². The maximum Gasteiger partial charge on any atom is 0.530 e. The summed E-state index contributed by atoms with van der Waals surface area (Å²) in [6.45, 7) is -0.213. The second-order valence-corrected chi connectivity index (χ2v) is 5.45. The molecule has 0 aliphatic heterocycles. The minimum Gasteiger partial charge on any atom is -0.402 e. The Bertz CT molecular complexity index is 543. The van der Waals surface area contributed by atoms with Gasteiger partial charge >= 0.3 is 7.82 Å². The van der Waals surface area contributed by atoms with Crippen LogP contribution in [0.15, 0.2) is 24.3 Å². The van der Waals surface area contributed by atoms with Crippen molar-refractivity contribution >= 4 is 19.4 Å². The van der Waals surface area contributed by atoms with Crippen LogP contribution >= 0.6 is 19.4 Å². The van der Waals surface area contributed by atoms with Crippen molar-refractivity contribution in [2.75, 3.05) is 13.2 Å². The first-order chi connectivity index (χ1) is 9.61. The molecule has 0 atom stereocenters. The maximum absolute atomic E-state index is 12.3. The van der Waals surface area contributed by atoms with Gasteiger partial charge in [-0.25, -0.2) is 4.57 Å². The Morgan fingerprint density at radius 1 is 1.10 bits per heavy atom. The molecule has 0 amide bonds. The van der Waals surface area contributed by atoms with Gasteiger partial charge in [0.25, 0.3) is 0 Å². The molecule has 0 aromatic heterocycles. The van der Waals surface area contributed by atoms with Gasteiger partial charge in [0, 0.05) is 0 Å². The van der Waals surface area contributed by atoms with Crippen molar-refractivity contribution in [3.63, 3.8) is 0 Å². The van der Waals surface area contributed by atoms with Gasteiger partial charge in [-0.3, -0.25) is 9.05 Å². The number of benzene rings is 1. The third kappa shape index (κ3) is 5.61. The van der Waals surface area contributed by atoms with E-state index in [0.717, 1.165) is 0 Å². The molecule has 0 unspecified atom stereocenters. The lowest BCUT2D eigenvalue weighted by Crippen LogP contribution is -2.04. The molecule has 20 heavy (non-hydrogen) atoms. The number of nitriles is 2. The Balaban J connectivity index is 2.76. The monoisotopic (exact) mass is 314 g/mol. The lowest BCUT2D eigenvalue weighted by atomic mass is 10.3. The first kappa shape index (κ1) is 16.5. The number of para-hydroxylation sites is 1. The Morgan fingerprint density at radius 3 is 2.15 bits per heavy atom. The van der Waals surface area contributed by atoms with Crippen LogP contribution in [0.2, 0.25) is 5.02 Å². The van der Waals surface area contributed by atoms with E-state index in [4.69, 9.17) is 35.7 Å². The average Bonchev–Trinajstić information content (AvgIpc) is 2.42. The molecule has 106 valence electrons. The molecule has 0 aliphatic rings. The number of halogens is 1. The van der Waals surface area contributed by atoms with Crippen molar-refractivity contribution in [2.45, 2.75) is 12.8 Å². The summed E-state index contributed by atoms with van der Waals surface area (Å²) in [6, 6.07) is 10.1. The SMILES string of the molecule is N#CCCOP(=O)(OCCC#N)Oc1ccccc1Cl. The molecule has 0 saturated heterocycles. The zero-order valence-electron chi connectivity index (χ0n) is 10.5. The van der Waals surface area contributed by atoms with Crippen LogP contribution in [-0.2, 0) is 13.6 Å². The van der Waals surface area contributed by atoms with E-state index in [2.05, 4.69) is 0 Å². The molecule has 0 bridgehead atoms. The summed E-state index contributed by atoms with van der Waals surface area (Å²) in [5.74, 6) is 0.145. The van der Waals surface area contributed by atoms with Crippen molar-refractivity contribution in [1.29, 1.82) is 10.5 Å². The largest absolute Gasteiger partial charge is 0.530 e. The molecule has 1 aromatic rings. The first-order valence-corrected chi connectivity index (χ1v) is 7.52. The quantitative estimate of drug-likeness (QED) is 0.536. The lowest BCUT2D eigenvalue weighted by Gasteiger charge is -2.18. The predicted octanol–water partition coefficient (Wildman–Crippen LogP) is 3.69. The molecule has 0 radical (unpaired) electrons. The zero-order chi connectivity index (χ0) is 14.8. The van der Waals surface area contributed by atoms with Crippen molar-refractivity contribution in [2.24, 2.45) is 0 Å². The van der Waals surface area contributed by atoms with Crippen LogP contribution in [0.4, 0.5) is 0 Å². The van der Waals surface area contributed by atoms with Crippen LogP contribution < -0.4 is 4.52 Å². The van der Waals surface area contributed by atoms with Gasteiger partial charge in [0.1, 0.15) is 5.75 Å². The second-order valence-electron chi connectivity index (χ2n) is 3.45. The fourth-order valence-electron chi connectivity index (χ4n) is 1.14. The summed E-state index contributed by atoms with van der Waals surface area (Å²) in [6.07, 6.45) is 0.0783. The highest BCUT2D eigenvalue weighted by atomic mass is 35.5. The molecule has 0 fully saturated rings. The van der Waals surface area contributed by atoms with Gasteiger partial charge in [-0.05, 0) is 12.1 Å². The normalized spacial score (nSPS) is 10.6. The van der Waals surface area contributed by atoms with Crippen molar-refractivity contribution in [3.8, 4) is 17.9 Å². The van der Waals surface area contributed by atoms with E-state index in [9.17, 15) is 4.57 Å². The Kier molecular flexibility index (Phi) is 7.08. The molecule has 8 heteroatoms. The van der Waals surface area contributed by atoms with Gasteiger partial charge < -0.3 is 4.52 Å². The molecule has 0 spiro atoms. The number of phosphoric acid groups is 1. The summed E-state index contributed by atoms with van der Waals surface area (Å²) >= 11 is 5.89. The minimum absolute atomic E-state index is 0.0392. The number of hydrogen-bond donors (Lipinski definition) is 0. The highest BCUT2D eigenvalue weighted by Gasteiger charge is 2.29. The highest BCUT2D eigenvalue weighted by Crippen LogP contribution is 2.50. The number of phosphoric ester groups is 1. The first-order valence-electron chi connectivity index (χ1n) is 5.68. The summed E-state index contributed by atoms with van der Waals surface area (Å²) in [7, 11) is -3.91. The summed E-state index contributed by atoms with van der Waals surface area (Å²) in [5.41, 5.74) is 0. The van der Waals surface area contributed by atoms with Crippen LogP contribution in [0.1, 0.15) is 12.8 Å². The fraction of sp³-hybridized carbons (Fsp3) is 0.333. The third-order valence-electron chi connectivity index (χ3n) is 1.97. The van der Waals surface area contributed by atoms with E-state index in [-0.39, 0.29) is 36.8 Å².